The number of rotatable bonds is 4. The number of halogens is 1. The zero-order chi connectivity index (χ0) is 13.7. The van der Waals surface area contributed by atoms with Crippen molar-refractivity contribution in [3.63, 3.8) is 0 Å². The van der Waals surface area contributed by atoms with Gasteiger partial charge in [0.1, 0.15) is 5.82 Å². The van der Waals surface area contributed by atoms with Crippen LogP contribution in [0.2, 0.25) is 0 Å². The Bertz CT molecular complexity index is 557. The zero-order valence-corrected chi connectivity index (χ0v) is 10.7. The van der Waals surface area contributed by atoms with Crippen LogP contribution in [0.1, 0.15) is 11.1 Å². The minimum absolute atomic E-state index is 0.0729. The fraction of sp³-hybridized carbons (Fsp3) is 0.200. The first-order chi connectivity index (χ1) is 9.16. The van der Waals surface area contributed by atoms with Crippen LogP contribution in [0.25, 0.3) is 0 Å². The second-order valence-corrected chi connectivity index (χ2v) is 4.38. The Morgan fingerprint density at radius 2 is 2.05 bits per heavy atom. The number of likely N-dealkylation sites (N-methyl/N-ethyl adjacent to an activating group) is 1. The lowest BCUT2D eigenvalue weighted by Gasteiger charge is -2.17. The highest BCUT2D eigenvalue weighted by atomic mass is 19.1. The molecule has 2 aromatic rings. The molecule has 4 heteroatoms. The fourth-order valence-electron chi connectivity index (χ4n) is 1.79. The summed E-state index contributed by atoms with van der Waals surface area (Å²) in [5.74, 6) is -0.459. The maximum Gasteiger partial charge on any atom is 0.227 e. The molecule has 0 N–H and O–H groups in total. The van der Waals surface area contributed by atoms with Gasteiger partial charge in [-0.3, -0.25) is 9.78 Å². The Labute approximate surface area is 111 Å². The van der Waals surface area contributed by atoms with E-state index in [1.807, 2.05) is 12.1 Å². The molecule has 2 rings (SSSR count). The highest BCUT2D eigenvalue weighted by Crippen LogP contribution is 2.09. The second-order valence-electron chi connectivity index (χ2n) is 4.38. The van der Waals surface area contributed by atoms with E-state index in [9.17, 15) is 9.18 Å². The fourth-order valence-corrected chi connectivity index (χ4v) is 1.79. The summed E-state index contributed by atoms with van der Waals surface area (Å²) in [4.78, 5) is 17.6. The number of hydrogen-bond donors (Lipinski definition) is 0. The van der Waals surface area contributed by atoms with Crippen molar-refractivity contribution in [3.8, 4) is 0 Å². The topological polar surface area (TPSA) is 33.2 Å². The highest BCUT2D eigenvalue weighted by Gasteiger charge is 2.12. The summed E-state index contributed by atoms with van der Waals surface area (Å²) in [6, 6.07) is 10.1. The first-order valence-corrected chi connectivity index (χ1v) is 6.03. The molecule has 0 aliphatic carbocycles. The molecule has 0 radical (unpaired) electrons. The van der Waals surface area contributed by atoms with Crippen LogP contribution in [0.15, 0.2) is 48.8 Å². The van der Waals surface area contributed by atoms with Gasteiger partial charge in [0.25, 0.3) is 0 Å². The number of carbonyl (C=O) groups excluding carboxylic acids is 1. The Kier molecular flexibility index (Phi) is 4.23. The van der Waals surface area contributed by atoms with E-state index in [1.54, 1.807) is 42.5 Å². The molecular formula is C15H15FN2O. The maximum absolute atomic E-state index is 13.5. The molecule has 0 fully saturated rings. The van der Waals surface area contributed by atoms with Gasteiger partial charge in [0.15, 0.2) is 0 Å². The molecule has 3 nitrogen and oxygen atoms in total. The lowest BCUT2D eigenvalue weighted by Crippen LogP contribution is -2.28. The third-order valence-corrected chi connectivity index (χ3v) is 2.87. The van der Waals surface area contributed by atoms with Gasteiger partial charge in [-0.05, 0) is 23.3 Å². The largest absolute Gasteiger partial charge is 0.341 e. The third kappa shape index (κ3) is 3.61. The van der Waals surface area contributed by atoms with Gasteiger partial charge in [0.2, 0.25) is 5.91 Å². The Balaban J connectivity index is 1.99. The lowest BCUT2D eigenvalue weighted by atomic mass is 10.1. The third-order valence-electron chi connectivity index (χ3n) is 2.87. The SMILES string of the molecule is CN(Cc1cccnc1)C(=O)Cc1ccccc1F. The summed E-state index contributed by atoms with van der Waals surface area (Å²) in [6.07, 6.45) is 3.47. The number of benzene rings is 1. The average Bonchev–Trinajstić information content (AvgIpc) is 2.42. The van der Waals surface area contributed by atoms with Gasteiger partial charge in [-0.15, -0.1) is 0 Å². The molecule has 0 unspecified atom stereocenters. The number of hydrogen-bond acceptors (Lipinski definition) is 2. The molecule has 0 saturated carbocycles. The monoisotopic (exact) mass is 258 g/mol. The number of carbonyl (C=O) groups is 1. The first kappa shape index (κ1) is 13.2. The number of amides is 1. The van der Waals surface area contributed by atoms with Gasteiger partial charge in [-0.1, -0.05) is 24.3 Å². The van der Waals surface area contributed by atoms with Gasteiger partial charge in [0.05, 0.1) is 6.42 Å². The molecule has 0 atom stereocenters. The van der Waals surface area contributed by atoms with Crippen molar-refractivity contribution >= 4 is 5.91 Å². The number of aromatic nitrogens is 1. The van der Waals surface area contributed by atoms with Crippen molar-refractivity contribution in [3.05, 3.63) is 65.7 Å². The van der Waals surface area contributed by atoms with E-state index in [2.05, 4.69) is 4.98 Å². The van der Waals surface area contributed by atoms with Crippen LogP contribution in [0.5, 0.6) is 0 Å². The van der Waals surface area contributed by atoms with Crippen molar-refractivity contribution in [2.45, 2.75) is 13.0 Å². The van der Waals surface area contributed by atoms with Crippen LogP contribution < -0.4 is 0 Å². The van der Waals surface area contributed by atoms with Crippen LogP contribution in [0.3, 0.4) is 0 Å². The first-order valence-electron chi connectivity index (χ1n) is 6.03. The number of pyridine rings is 1. The molecule has 1 heterocycles. The minimum Gasteiger partial charge on any atom is -0.341 e. The van der Waals surface area contributed by atoms with E-state index in [-0.39, 0.29) is 18.1 Å². The Morgan fingerprint density at radius 1 is 1.26 bits per heavy atom. The van der Waals surface area contributed by atoms with Crippen LogP contribution in [-0.4, -0.2) is 22.8 Å². The number of nitrogens with zero attached hydrogens (tertiary/aromatic N) is 2. The van der Waals surface area contributed by atoms with E-state index in [4.69, 9.17) is 0 Å². The zero-order valence-electron chi connectivity index (χ0n) is 10.7. The molecule has 0 aliphatic heterocycles. The van der Waals surface area contributed by atoms with Crippen molar-refractivity contribution in [1.29, 1.82) is 0 Å². The van der Waals surface area contributed by atoms with Crippen LogP contribution in [-0.2, 0) is 17.8 Å². The molecule has 98 valence electrons. The van der Waals surface area contributed by atoms with E-state index in [0.717, 1.165) is 5.56 Å². The van der Waals surface area contributed by atoms with Gasteiger partial charge in [-0.25, -0.2) is 4.39 Å². The van der Waals surface area contributed by atoms with Gasteiger partial charge in [0, 0.05) is 26.0 Å². The minimum atomic E-state index is -0.342. The van der Waals surface area contributed by atoms with E-state index >= 15 is 0 Å². The van der Waals surface area contributed by atoms with Crippen LogP contribution >= 0.6 is 0 Å². The molecule has 1 aromatic carbocycles. The van der Waals surface area contributed by atoms with Crippen molar-refractivity contribution in [2.24, 2.45) is 0 Å². The van der Waals surface area contributed by atoms with Gasteiger partial charge >= 0.3 is 0 Å². The molecule has 1 amide bonds. The summed E-state index contributed by atoms with van der Waals surface area (Å²) in [5.41, 5.74) is 1.37. The summed E-state index contributed by atoms with van der Waals surface area (Å²) in [5, 5.41) is 0. The van der Waals surface area contributed by atoms with Crippen molar-refractivity contribution in [1.82, 2.24) is 9.88 Å². The van der Waals surface area contributed by atoms with Crippen LogP contribution in [0, 0.1) is 5.82 Å². The normalized spacial score (nSPS) is 10.2. The standard InChI is InChI=1S/C15H15FN2O/c1-18(11-12-5-4-8-17-10-12)15(19)9-13-6-2-3-7-14(13)16/h2-8,10H,9,11H2,1H3. The predicted octanol–water partition coefficient (Wildman–Crippen LogP) is 2.42. The predicted molar refractivity (Wildman–Crippen MR) is 70.8 cm³/mol. The van der Waals surface area contributed by atoms with Crippen molar-refractivity contribution < 1.29 is 9.18 Å². The Hall–Kier alpha value is -2.23. The molecule has 19 heavy (non-hydrogen) atoms. The van der Waals surface area contributed by atoms with Crippen molar-refractivity contribution in [2.75, 3.05) is 7.05 Å². The quantitative estimate of drug-likeness (QED) is 0.843. The maximum atomic E-state index is 13.5. The molecular weight excluding hydrogens is 243 g/mol. The molecule has 1 aromatic heterocycles. The molecule has 0 bridgehead atoms. The highest BCUT2D eigenvalue weighted by molar-refractivity contribution is 5.78. The lowest BCUT2D eigenvalue weighted by molar-refractivity contribution is -0.129. The summed E-state index contributed by atoms with van der Waals surface area (Å²) >= 11 is 0. The summed E-state index contributed by atoms with van der Waals surface area (Å²) in [7, 11) is 1.70. The summed E-state index contributed by atoms with van der Waals surface area (Å²) in [6.45, 7) is 0.473. The van der Waals surface area contributed by atoms with Gasteiger partial charge < -0.3 is 4.90 Å². The second kappa shape index (κ2) is 6.09. The van der Waals surface area contributed by atoms with Crippen LogP contribution in [0.4, 0.5) is 4.39 Å². The van der Waals surface area contributed by atoms with Gasteiger partial charge in [-0.2, -0.15) is 0 Å². The molecule has 0 saturated heterocycles. The van der Waals surface area contributed by atoms with E-state index in [1.165, 1.54) is 6.07 Å². The molecule has 0 spiro atoms. The average molecular weight is 258 g/mol. The molecule has 0 aliphatic rings. The van der Waals surface area contributed by atoms with E-state index < -0.39 is 0 Å². The Morgan fingerprint density at radius 3 is 2.74 bits per heavy atom. The smallest absolute Gasteiger partial charge is 0.227 e. The van der Waals surface area contributed by atoms with E-state index in [0.29, 0.717) is 12.1 Å². The summed E-state index contributed by atoms with van der Waals surface area (Å²) < 4.78 is 13.5.